The number of anilines is 1. The molecule has 1 N–H and O–H groups in total. The van der Waals surface area contributed by atoms with Gasteiger partial charge in [0.1, 0.15) is 12.1 Å². The normalized spacial score (nSPS) is 11.0. The van der Waals surface area contributed by atoms with Crippen LogP contribution in [0, 0.1) is 6.92 Å². The molecule has 0 atom stereocenters. The van der Waals surface area contributed by atoms with Gasteiger partial charge in [0.25, 0.3) is 0 Å². The van der Waals surface area contributed by atoms with E-state index >= 15 is 0 Å². The summed E-state index contributed by atoms with van der Waals surface area (Å²) in [6.45, 7) is 7.18. The number of rotatable bonds is 3. The lowest BCUT2D eigenvalue weighted by atomic mass is 10.2. The summed E-state index contributed by atoms with van der Waals surface area (Å²) in [7, 11) is 1.53. The van der Waals surface area contributed by atoms with Gasteiger partial charge in [-0.25, -0.2) is 4.79 Å². The van der Waals surface area contributed by atoms with Crippen LogP contribution in [0.4, 0.5) is 10.5 Å². The van der Waals surface area contributed by atoms with E-state index in [0.29, 0.717) is 5.69 Å². The molecule has 0 radical (unpaired) electrons. The highest BCUT2D eigenvalue weighted by atomic mass is 79.9. The van der Waals surface area contributed by atoms with E-state index in [9.17, 15) is 9.59 Å². The second-order valence-corrected chi connectivity index (χ2v) is 6.76. The zero-order valence-electron chi connectivity index (χ0n) is 13.0. The SMILES string of the molecule is Cc1ccc(Br)cc1NC(=O)CN(C)C(=O)OC(C)(C)C. The van der Waals surface area contributed by atoms with Crippen LogP contribution in [0.25, 0.3) is 0 Å². The second kappa shape index (κ2) is 6.93. The number of carbonyl (C=O) groups excluding carboxylic acids is 2. The lowest BCUT2D eigenvalue weighted by Crippen LogP contribution is -2.38. The summed E-state index contributed by atoms with van der Waals surface area (Å²) in [4.78, 5) is 25.0. The van der Waals surface area contributed by atoms with Gasteiger partial charge < -0.3 is 15.0 Å². The van der Waals surface area contributed by atoms with Crippen molar-refractivity contribution in [1.82, 2.24) is 4.90 Å². The molecule has 0 spiro atoms. The first-order valence-corrected chi connectivity index (χ1v) is 7.38. The maximum atomic E-state index is 12.0. The van der Waals surface area contributed by atoms with E-state index in [1.165, 1.54) is 11.9 Å². The van der Waals surface area contributed by atoms with Crippen LogP contribution in [0.3, 0.4) is 0 Å². The number of benzene rings is 1. The summed E-state index contributed by atoms with van der Waals surface area (Å²) in [5, 5.41) is 2.78. The fourth-order valence-corrected chi connectivity index (χ4v) is 1.90. The molecule has 1 aromatic rings. The van der Waals surface area contributed by atoms with Gasteiger partial charge in [0, 0.05) is 17.2 Å². The molecule has 0 heterocycles. The van der Waals surface area contributed by atoms with Crippen LogP contribution in [-0.2, 0) is 9.53 Å². The van der Waals surface area contributed by atoms with Crippen LogP contribution in [0.5, 0.6) is 0 Å². The molecule has 0 saturated heterocycles. The number of hydrogen-bond donors (Lipinski definition) is 1. The fourth-order valence-electron chi connectivity index (χ4n) is 1.54. The first-order chi connectivity index (χ1) is 9.58. The van der Waals surface area contributed by atoms with Gasteiger partial charge in [-0.3, -0.25) is 4.79 Å². The van der Waals surface area contributed by atoms with Gasteiger partial charge in [0.15, 0.2) is 0 Å². The molecule has 0 aromatic heterocycles. The van der Waals surface area contributed by atoms with Crippen LogP contribution in [0.2, 0.25) is 0 Å². The van der Waals surface area contributed by atoms with E-state index in [-0.39, 0.29) is 12.5 Å². The summed E-state index contributed by atoms with van der Waals surface area (Å²) in [5.41, 5.74) is 1.08. The van der Waals surface area contributed by atoms with Crippen LogP contribution < -0.4 is 5.32 Å². The fraction of sp³-hybridized carbons (Fsp3) is 0.467. The number of likely N-dealkylation sites (N-methyl/N-ethyl adjacent to an activating group) is 1. The number of amides is 2. The van der Waals surface area contributed by atoms with Crippen molar-refractivity contribution in [2.45, 2.75) is 33.3 Å². The maximum absolute atomic E-state index is 12.0. The lowest BCUT2D eigenvalue weighted by Gasteiger charge is -2.24. The minimum absolute atomic E-state index is 0.0686. The third-order valence-electron chi connectivity index (χ3n) is 2.56. The summed E-state index contributed by atoms with van der Waals surface area (Å²) >= 11 is 3.36. The highest BCUT2D eigenvalue weighted by Gasteiger charge is 2.21. The Morgan fingerprint density at radius 2 is 1.95 bits per heavy atom. The average molecular weight is 357 g/mol. The Morgan fingerprint density at radius 1 is 1.33 bits per heavy atom. The molecular weight excluding hydrogens is 336 g/mol. The predicted octanol–water partition coefficient (Wildman–Crippen LogP) is 3.56. The summed E-state index contributed by atoms with van der Waals surface area (Å²) < 4.78 is 6.07. The number of halogens is 1. The number of carbonyl (C=O) groups is 2. The molecule has 0 aliphatic carbocycles. The van der Waals surface area contributed by atoms with Crippen molar-refractivity contribution in [2.75, 3.05) is 18.9 Å². The minimum Gasteiger partial charge on any atom is -0.444 e. The van der Waals surface area contributed by atoms with E-state index in [1.54, 1.807) is 20.8 Å². The molecule has 2 amide bonds. The molecule has 0 unspecified atom stereocenters. The van der Waals surface area contributed by atoms with Crippen molar-refractivity contribution < 1.29 is 14.3 Å². The van der Waals surface area contributed by atoms with Crippen molar-refractivity contribution in [1.29, 1.82) is 0 Å². The van der Waals surface area contributed by atoms with Gasteiger partial charge >= 0.3 is 6.09 Å². The molecule has 5 nitrogen and oxygen atoms in total. The Labute approximate surface area is 133 Å². The highest BCUT2D eigenvalue weighted by molar-refractivity contribution is 9.10. The molecule has 0 bridgehead atoms. The first-order valence-electron chi connectivity index (χ1n) is 6.58. The van der Waals surface area contributed by atoms with Gasteiger partial charge in [0.05, 0.1) is 0 Å². The lowest BCUT2D eigenvalue weighted by molar-refractivity contribution is -0.117. The topological polar surface area (TPSA) is 58.6 Å². The largest absolute Gasteiger partial charge is 0.444 e. The second-order valence-electron chi connectivity index (χ2n) is 5.84. The van der Waals surface area contributed by atoms with Crippen LogP contribution in [0.15, 0.2) is 22.7 Å². The summed E-state index contributed by atoms with van der Waals surface area (Å²) in [6.07, 6.45) is -0.524. The Hall–Kier alpha value is -1.56. The molecule has 0 saturated carbocycles. The van der Waals surface area contributed by atoms with Gasteiger partial charge in [-0.1, -0.05) is 22.0 Å². The number of nitrogens with one attached hydrogen (secondary N) is 1. The highest BCUT2D eigenvalue weighted by Crippen LogP contribution is 2.20. The number of ether oxygens (including phenoxy) is 1. The quantitative estimate of drug-likeness (QED) is 0.900. The van der Waals surface area contributed by atoms with Gasteiger partial charge in [0.2, 0.25) is 5.91 Å². The molecule has 21 heavy (non-hydrogen) atoms. The third kappa shape index (κ3) is 6.16. The number of nitrogens with zero attached hydrogens (tertiary/aromatic N) is 1. The van der Waals surface area contributed by atoms with Crippen LogP contribution >= 0.6 is 15.9 Å². The molecule has 0 aliphatic rings. The zero-order valence-corrected chi connectivity index (χ0v) is 14.6. The van der Waals surface area contributed by atoms with E-state index in [0.717, 1.165) is 10.0 Å². The van der Waals surface area contributed by atoms with Gasteiger partial charge in [-0.2, -0.15) is 0 Å². The minimum atomic E-state index is -0.581. The van der Waals surface area contributed by atoms with Crippen molar-refractivity contribution in [3.63, 3.8) is 0 Å². The smallest absolute Gasteiger partial charge is 0.410 e. The first kappa shape index (κ1) is 17.5. The van der Waals surface area contributed by atoms with E-state index < -0.39 is 11.7 Å². The van der Waals surface area contributed by atoms with E-state index in [2.05, 4.69) is 21.2 Å². The van der Waals surface area contributed by atoms with E-state index in [4.69, 9.17) is 4.74 Å². The predicted molar refractivity (Wildman–Crippen MR) is 86.4 cm³/mol. The average Bonchev–Trinajstić information content (AvgIpc) is 2.31. The molecular formula is C15H21BrN2O3. The van der Waals surface area contributed by atoms with Crippen molar-refractivity contribution in [3.8, 4) is 0 Å². The van der Waals surface area contributed by atoms with Crippen molar-refractivity contribution >= 4 is 33.6 Å². The molecule has 6 heteroatoms. The molecule has 0 fully saturated rings. The van der Waals surface area contributed by atoms with Gasteiger partial charge in [-0.05, 0) is 45.4 Å². The standard InChI is InChI=1S/C15H21BrN2O3/c1-10-6-7-11(16)8-12(10)17-13(19)9-18(5)14(20)21-15(2,3)4/h6-8H,9H2,1-5H3,(H,17,19). The van der Waals surface area contributed by atoms with Crippen LogP contribution in [-0.4, -0.2) is 36.1 Å². The van der Waals surface area contributed by atoms with Crippen molar-refractivity contribution in [2.24, 2.45) is 0 Å². The Kier molecular flexibility index (Phi) is 5.78. The van der Waals surface area contributed by atoms with Crippen LogP contribution in [0.1, 0.15) is 26.3 Å². The molecule has 0 aliphatic heterocycles. The Balaban J connectivity index is 2.61. The molecule has 1 rings (SSSR count). The number of hydrogen-bond acceptors (Lipinski definition) is 3. The van der Waals surface area contributed by atoms with Crippen molar-refractivity contribution in [3.05, 3.63) is 28.2 Å². The number of aryl methyl sites for hydroxylation is 1. The zero-order chi connectivity index (χ0) is 16.2. The summed E-state index contributed by atoms with van der Waals surface area (Å²) in [5.74, 6) is -0.274. The maximum Gasteiger partial charge on any atom is 0.410 e. The summed E-state index contributed by atoms with van der Waals surface area (Å²) in [6, 6.07) is 5.62. The molecule has 116 valence electrons. The Bertz CT molecular complexity index is 538. The molecule has 1 aromatic carbocycles. The third-order valence-corrected chi connectivity index (χ3v) is 3.05. The van der Waals surface area contributed by atoms with Gasteiger partial charge in [-0.15, -0.1) is 0 Å². The Morgan fingerprint density at radius 3 is 2.52 bits per heavy atom. The van der Waals surface area contributed by atoms with E-state index in [1.807, 2.05) is 25.1 Å². The monoisotopic (exact) mass is 356 g/mol.